The summed E-state index contributed by atoms with van der Waals surface area (Å²) in [5.41, 5.74) is 0. The van der Waals surface area contributed by atoms with E-state index in [4.69, 9.17) is 9.90 Å². The Kier molecular flexibility index (Phi) is 6.41. The largest absolute Gasteiger partial charge is 0.490 e. The first-order valence-electron chi connectivity index (χ1n) is 6.70. The number of carboxylic acid groups (broad SMARTS) is 1. The number of aliphatic hydroxyl groups excluding tert-OH is 1. The molecule has 0 unspecified atom stereocenters. The molecular formula is C12H19F3N2O4. The van der Waals surface area contributed by atoms with Crippen LogP contribution in [-0.2, 0) is 9.59 Å². The van der Waals surface area contributed by atoms with Gasteiger partial charge in [-0.3, -0.25) is 4.79 Å². The highest BCUT2D eigenvalue weighted by Crippen LogP contribution is 2.23. The van der Waals surface area contributed by atoms with Crippen molar-refractivity contribution in [1.29, 1.82) is 0 Å². The number of piperazine rings is 1. The predicted octanol–water partition coefficient (Wildman–Crippen LogP) is 0.355. The lowest BCUT2D eigenvalue weighted by atomic mass is 9.91. The third kappa shape index (κ3) is 5.88. The minimum absolute atomic E-state index is 0.135. The third-order valence-corrected chi connectivity index (χ3v) is 3.48. The lowest BCUT2D eigenvalue weighted by Crippen LogP contribution is -2.53. The van der Waals surface area contributed by atoms with Crippen LogP contribution in [0.3, 0.4) is 0 Å². The van der Waals surface area contributed by atoms with Crippen molar-refractivity contribution in [3.63, 3.8) is 0 Å². The van der Waals surface area contributed by atoms with Gasteiger partial charge in [0.25, 0.3) is 0 Å². The molecule has 6 nitrogen and oxygen atoms in total. The molecule has 1 aliphatic heterocycles. The molecular weight excluding hydrogens is 293 g/mol. The Morgan fingerprint density at radius 2 is 1.76 bits per heavy atom. The second kappa shape index (κ2) is 7.60. The maximum atomic E-state index is 11.6. The van der Waals surface area contributed by atoms with Gasteiger partial charge in [0.05, 0.1) is 12.6 Å². The number of aliphatic carboxylic acids is 1. The summed E-state index contributed by atoms with van der Waals surface area (Å²) in [6.45, 7) is 2.23. The van der Waals surface area contributed by atoms with Crippen molar-refractivity contribution in [2.24, 2.45) is 0 Å². The second-order valence-electron chi connectivity index (χ2n) is 5.03. The van der Waals surface area contributed by atoms with Crippen LogP contribution in [0.1, 0.15) is 25.7 Å². The highest BCUT2D eigenvalue weighted by molar-refractivity contribution is 5.79. The molecule has 3 N–H and O–H groups in total. The molecule has 0 radical (unpaired) electrons. The van der Waals surface area contributed by atoms with Gasteiger partial charge in [-0.1, -0.05) is 0 Å². The Labute approximate surface area is 119 Å². The molecule has 2 aliphatic rings. The number of aliphatic hydroxyl groups is 1. The molecule has 1 heterocycles. The van der Waals surface area contributed by atoms with E-state index in [1.165, 1.54) is 0 Å². The quantitative estimate of drug-likeness (QED) is 0.650. The zero-order valence-corrected chi connectivity index (χ0v) is 11.4. The van der Waals surface area contributed by atoms with E-state index in [2.05, 4.69) is 5.32 Å². The monoisotopic (exact) mass is 312 g/mol. The smallest absolute Gasteiger partial charge is 0.475 e. The van der Waals surface area contributed by atoms with Gasteiger partial charge in [0.2, 0.25) is 5.91 Å². The van der Waals surface area contributed by atoms with Crippen LogP contribution in [0.15, 0.2) is 0 Å². The summed E-state index contributed by atoms with van der Waals surface area (Å²) >= 11 is 0. The van der Waals surface area contributed by atoms with Crippen LogP contribution < -0.4 is 5.32 Å². The van der Waals surface area contributed by atoms with E-state index < -0.39 is 12.1 Å². The van der Waals surface area contributed by atoms with Crippen LogP contribution in [0.25, 0.3) is 0 Å². The molecule has 0 spiro atoms. The average Bonchev–Trinajstić information content (AvgIpc) is 2.40. The fraction of sp³-hybridized carbons (Fsp3) is 0.833. The number of nitrogens with zero attached hydrogens (tertiary/aromatic N) is 1. The van der Waals surface area contributed by atoms with Gasteiger partial charge in [-0.2, -0.15) is 13.2 Å². The van der Waals surface area contributed by atoms with E-state index in [1.54, 1.807) is 0 Å². The fourth-order valence-electron chi connectivity index (χ4n) is 2.38. The van der Waals surface area contributed by atoms with Crippen LogP contribution in [-0.4, -0.2) is 64.9 Å². The summed E-state index contributed by atoms with van der Waals surface area (Å²) < 4.78 is 31.7. The summed E-state index contributed by atoms with van der Waals surface area (Å²) in [7, 11) is 0. The minimum Gasteiger partial charge on any atom is -0.475 e. The van der Waals surface area contributed by atoms with Crippen molar-refractivity contribution in [1.82, 2.24) is 10.2 Å². The van der Waals surface area contributed by atoms with Crippen molar-refractivity contribution >= 4 is 11.9 Å². The zero-order chi connectivity index (χ0) is 16.0. The predicted molar refractivity (Wildman–Crippen MR) is 66.5 cm³/mol. The Balaban J connectivity index is 0.000000270. The molecule has 1 aliphatic carbocycles. The van der Waals surface area contributed by atoms with Gasteiger partial charge in [0.15, 0.2) is 0 Å². The molecule has 9 heteroatoms. The minimum atomic E-state index is -5.08. The van der Waals surface area contributed by atoms with Crippen molar-refractivity contribution in [3.05, 3.63) is 0 Å². The molecule has 0 bridgehead atoms. The van der Waals surface area contributed by atoms with Crippen LogP contribution >= 0.6 is 0 Å². The second-order valence-corrected chi connectivity index (χ2v) is 5.03. The van der Waals surface area contributed by atoms with Crippen molar-refractivity contribution < 1.29 is 33.0 Å². The summed E-state index contributed by atoms with van der Waals surface area (Å²) in [5.74, 6) is -2.54. The van der Waals surface area contributed by atoms with Crippen molar-refractivity contribution in [2.75, 3.05) is 19.6 Å². The number of nitrogens with one attached hydrogen (secondary N) is 1. The number of rotatable bonds is 1. The first-order valence-corrected chi connectivity index (χ1v) is 6.70. The van der Waals surface area contributed by atoms with Gasteiger partial charge >= 0.3 is 12.1 Å². The Morgan fingerprint density at radius 3 is 2.19 bits per heavy atom. The highest BCUT2D eigenvalue weighted by Gasteiger charge is 2.38. The molecule has 21 heavy (non-hydrogen) atoms. The number of carbonyl (C=O) groups is 2. The summed E-state index contributed by atoms with van der Waals surface area (Å²) in [5, 5.41) is 19.6. The van der Waals surface area contributed by atoms with Crippen LogP contribution in [0.4, 0.5) is 13.2 Å². The number of alkyl halides is 3. The Bertz CT molecular complexity index is 368. The molecule has 0 aromatic rings. The summed E-state index contributed by atoms with van der Waals surface area (Å²) in [4.78, 5) is 22.5. The molecule has 0 atom stereocenters. The zero-order valence-electron chi connectivity index (χ0n) is 11.4. The maximum Gasteiger partial charge on any atom is 0.490 e. The Morgan fingerprint density at radius 1 is 1.24 bits per heavy atom. The molecule has 1 saturated heterocycles. The van der Waals surface area contributed by atoms with Crippen molar-refractivity contribution in [3.8, 4) is 0 Å². The van der Waals surface area contributed by atoms with Crippen LogP contribution in [0, 0.1) is 0 Å². The number of hydrogen-bond acceptors (Lipinski definition) is 4. The van der Waals surface area contributed by atoms with E-state index in [0.29, 0.717) is 12.6 Å². The number of hydrogen-bond donors (Lipinski definition) is 3. The molecule has 0 aromatic heterocycles. The fourth-order valence-corrected chi connectivity index (χ4v) is 2.38. The van der Waals surface area contributed by atoms with E-state index >= 15 is 0 Å². The molecule has 2 rings (SSSR count). The van der Waals surface area contributed by atoms with E-state index in [9.17, 15) is 23.1 Å². The number of carbonyl (C=O) groups excluding carboxylic acids is 1. The van der Waals surface area contributed by atoms with Gasteiger partial charge in [0, 0.05) is 19.1 Å². The van der Waals surface area contributed by atoms with E-state index in [0.717, 1.165) is 38.8 Å². The van der Waals surface area contributed by atoms with Gasteiger partial charge in [-0.15, -0.1) is 0 Å². The Hall–Kier alpha value is -1.35. The lowest BCUT2D eigenvalue weighted by Gasteiger charge is -2.38. The standard InChI is InChI=1S/C10H18N2O2.C2HF3O2/c13-9-3-1-8(2-4-9)12-6-5-11-7-10(12)14;3-2(4,5)1(6)7/h8-9,11,13H,1-7H2;(H,6,7). The van der Waals surface area contributed by atoms with E-state index in [1.807, 2.05) is 4.90 Å². The number of halogens is 3. The SMILES string of the molecule is O=C(O)C(F)(F)F.O=C1CNCCN1C1CCC(O)CC1. The van der Waals surface area contributed by atoms with Gasteiger partial charge < -0.3 is 20.4 Å². The first kappa shape index (κ1) is 17.7. The van der Waals surface area contributed by atoms with Gasteiger partial charge in [-0.25, -0.2) is 4.79 Å². The highest BCUT2D eigenvalue weighted by atomic mass is 19.4. The molecule has 122 valence electrons. The van der Waals surface area contributed by atoms with Crippen molar-refractivity contribution in [2.45, 2.75) is 44.0 Å². The molecule has 1 saturated carbocycles. The maximum absolute atomic E-state index is 11.6. The average molecular weight is 312 g/mol. The molecule has 1 amide bonds. The van der Waals surface area contributed by atoms with E-state index in [-0.39, 0.29) is 12.0 Å². The normalized spacial score (nSPS) is 26.9. The third-order valence-electron chi connectivity index (χ3n) is 3.48. The van der Waals surface area contributed by atoms with Crippen LogP contribution in [0.5, 0.6) is 0 Å². The van der Waals surface area contributed by atoms with Crippen LogP contribution in [0.2, 0.25) is 0 Å². The van der Waals surface area contributed by atoms with Gasteiger partial charge in [0.1, 0.15) is 0 Å². The molecule has 0 aromatic carbocycles. The first-order chi connectivity index (χ1) is 9.71. The molecule has 2 fully saturated rings. The summed E-state index contributed by atoms with van der Waals surface area (Å²) in [6.07, 6.45) is -1.59. The number of amides is 1. The lowest BCUT2D eigenvalue weighted by molar-refractivity contribution is -0.192. The van der Waals surface area contributed by atoms with Gasteiger partial charge in [-0.05, 0) is 25.7 Å². The summed E-state index contributed by atoms with van der Waals surface area (Å²) in [6, 6.07) is 0.382. The number of carboxylic acids is 1. The topological polar surface area (TPSA) is 89.9 Å².